The molecule has 148 valence electrons. The largest absolute Gasteiger partial charge is 0.301 e. The third-order valence-electron chi connectivity index (χ3n) is 4.37. The topological polar surface area (TPSA) is 72.7 Å². The zero-order valence-corrected chi connectivity index (χ0v) is 18.6. The molecule has 1 atom stereocenters. The summed E-state index contributed by atoms with van der Waals surface area (Å²) in [5.41, 5.74) is 3.15. The summed E-state index contributed by atoms with van der Waals surface area (Å²) >= 11 is 2.90. The van der Waals surface area contributed by atoms with Gasteiger partial charge in [-0.15, -0.1) is 21.5 Å². The summed E-state index contributed by atoms with van der Waals surface area (Å²) in [6, 6.07) is 8.38. The smallest absolute Gasteiger partial charge is 0.239 e. The lowest BCUT2D eigenvalue weighted by Crippen LogP contribution is -2.23. The first kappa shape index (κ1) is 20.5. The summed E-state index contributed by atoms with van der Waals surface area (Å²) in [6.07, 6.45) is 0. The molecule has 0 aliphatic heterocycles. The van der Waals surface area contributed by atoms with E-state index in [4.69, 9.17) is 0 Å². The number of thiazole rings is 1. The molecule has 1 N–H and O–H groups in total. The van der Waals surface area contributed by atoms with Gasteiger partial charge in [-0.05, 0) is 47.6 Å². The second-order valence-corrected chi connectivity index (χ2v) is 9.56. The van der Waals surface area contributed by atoms with Gasteiger partial charge in [0.05, 0.1) is 10.9 Å². The summed E-state index contributed by atoms with van der Waals surface area (Å²) in [5.74, 6) is 0.731. The van der Waals surface area contributed by atoms with Crippen LogP contribution in [0.4, 0.5) is 5.13 Å². The minimum absolute atomic E-state index is 0.0887. The Labute approximate surface area is 173 Å². The Morgan fingerprint density at radius 2 is 1.93 bits per heavy atom. The number of anilines is 1. The number of aryl methyl sites for hydroxylation is 3. The van der Waals surface area contributed by atoms with Gasteiger partial charge in [0.25, 0.3) is 0 Å². The van der Waals surface area contributed by atoms with Gasteiger partial charge in [0.2, 0.25) is 5.91 Å². The van der Waals surface area contributed by atoms with Crippen LogP contribution in [0.25, 0.3) is 11.4 Å². The molecule has 0 aliphatic rings. The predicted octanol–water partition coefficient (Wildman–Crippen LogP) is 5.03. The van der Waals surface area contributed by atoms with E-state index in [1.54, 1.807) is 0 Å². The van der Waals surface area contributed by atoms with E-state index in [-0.39, 0.29) is 17.2 Å². The maximum absolute atomic E-state index is 12.6. The van der Waals surface area contributed by atoms with Gasteiger partial charge < -0.3 is 5.32 Å². The minimum Gasteiger partial charge on any atom is -0.301 e. The van der Waals surface area contributed by atoms with Crippen LogP contribution in [0.5, 0.6) is 0 Å². The third-order valence-corrected chi connectivity index (χ3v) is 6.41. The Morgan fingerprint density at radius 1 is 1.18 bits per heavy atom. The van der Waals surface area contributed by atoms with Crippen molar-refractivity contribution in [2.45, 2.75) is 58.0 Å². The standard InChI is InChI=1S/C20H25N5OS2/c1-11(2)25-17(16-9-7-8-12(3)10-16)23-24-20(25)28-15(6)18(26)22-19-21-13(4)14(5)27-19/h7-11,15H,1-6H3,(H,21,22,26)/t15-/m1/s1. The molecule has 28 heavy (non-hydrogen) atoms. The Balaban J connectivity index is 1.80. The fourth-order valence-corrected chi connectivity index (χ4v) is 4.55. The summed E-state index contributed by atoms with van der Waals surface area (Å²) in [5, 5.41) is 12.7. The van der Waals surface area contributed by atoms with E-state index in [2.05, 4.69) is 58.0 Å². The Morgan fingerprint density at radius 3 is 2.54 bits per heavy atom. The van der Waals surface area contributed by atoms with Crippen molar-refractivity contribution in [2.75, 3.05) is 5.32 Å². The molecule has 0 radical (unpaired) electrons. The van der Waals surface area contributed by atoms with Crippen LogP contribution in [-0.4, -0.2) is 30.9 Å². The summed E-state index contributed by atoms with van der Waals surface area (Å²) in [7, 11) is 0. The first-order valence-corrected chi connectivity index (χ1v) is 10.9. The summed E-state index contributed by atoms with van der Waals surface area (Å²) in [4.78, 5) is 18.1. The molecule has 8 heteroatoms. The second-order valence-electron chi connectivity index (χ2n) is 7.05. The van der Waals surface area contributed by atoms with Gasteiger partial charge in [-0.3, -0.25) is 9.36 Å². The van der Waals surface area contributed by atoms with Crippen LogP contribution in [0.1, 0.15) is 42.9 Å². The molecule has 0 saturated heterocycles. The summed E-state index contributed by atoms with van der Waals surface area (Å²) in [6.45, 7) is 12.1. The molecule has 0 bridgehead atoms. The van der Waals surface area contributed by atoms with Crippen LogP contribution < -0.4 is 5.32 Å². The molecular formula is C20H25N5OS2. The Kier molecular flexibility index (Phi) is 6.20. The minimum atomic E-state index is -0.323. The third kappa shape index (κ3) is 4.44. The molecule has 6 nitrogen and oxygen atoms in total. The van der Waals surface area contributed by atoms with Crippen molar-refractivity contribution in [3.63, 3.8) is 0 Å². The maximum Gasteiger partial charge on any atom is 0.239 e. The molecular weight excluding hydrogens is 390 g/mol. The van der Waals surface area contributed by atoms with E-state index in [0.717, 1.165) is 27.1 Å². The number of nitrogens with zero attached hydrogens (tertiary/aromatic N) is 4. The molecule has 0 aliphatic carbocycles. The van der Waals surface area contributed by atoms with E-state index in [0.29, 0.717) is 5.13 Å². The highest BCUT2D eigenvalue weighted by molar-refractivity contribution is 8.00. The van der Waals surface area contributed by atoms with E-state index in [9.17, 15) is 4.79 Å². The maximum atomic E-state index is 12.6. The van der Waals surface area contributed by atoms with Crippen LogP contribution in [0, 0.1) is 20.8 Å². The fourth-order valence-electron chi connectivity index (χ4n) is 2.75. The van der Waals surface area contributed by atoms with Crippen molar-refractivity contribution in [2.24, 2.45) is 0 Å². The van der Waals surface area contributed by atoms with Gasteiger partial charge in [0, 0.05) is 16.5 Å². The molecule has 3 rings (SSSR count). The van der Waals surface area contributed by atoms with Crippen LogP contribution in [0.2, 0.25) is 0 Å². The van der Waals surface area contributed by atoms with Crippen molar-refractivity contribution < 1.29 is 4.79 Å². The van der Waals surface area contributed by atoms with Crippen LogP contribution in [0.3, 0.4) is 0 Å². The van der Waals surface area contributed by atoms with E-state index < -0.39 is 0 Å². The number of carbonyl (C=O) groups excluding carboxylic acids is 1. The molecule has 0 unspecified atom stereocenters. The molecule has 0 saturated carbocycles. The highest BCUT2D eigenvalue weighted by atomic mass is 32.2. The number of hydrogen-bond donors (Lipinski definition) is 1. The van der Waals surface area contributed by atoms with Crippen molar-refractivity contribution in [3.05, 3.63) is 40.4 Å². The Bertz CT molecular complexity index is 973. The van der Waals surface area contributed by atoms with Gasteiger partial charge >= 0.3 is 0 Å². The van der Waals surface area contributed by atoms with E-state index in [1.165, 1.54) is 28.7 Å². The van der Waals surface area contributed by atoms with Gasteiger partial charge in [-0.2, -0.15) is 0 Å². The van der Waals surface area contributed by atoms with Crippen LogP contribution >= 0.6 is 23.1 Å². The molecule has 2 heterocycles. The average molecular weight is 416 g/mol. The number of rotatable bonds is 6. The molecule has 1 amide bonds. The van der Waals surface area contributed by atoms with E-state index in [1.807, 2.05) is 32.9 Å². The SMILES string of the molecule is Cc1cccc(-c2nnc(S[C@H](C)C(=O)Nc3nc(C)c(C)s3)n2C(C)C)c1. The molecule has 1 aromatic carbocycles. The van der Waals surface area contributed by atoms with Gasteiger partial charge in [-0.25, -0.2) is 4.98 Å². The number of benzene rings is 1. The average Bonchev–Trinajstić information content (AvgIpc) is 3.18. The lowest BCUT2D eigenvalue weighted by molar-refractivity contribution is -0.115. The zero-order chi connectivity index (χ0) is 20.4. The Hall–Kier alpha value is -2.19. The highest BCUT2D eigenvalue weighted by Crippen LogP contribution is 2.31. The number of thioether (sulfide) groups is 1. The number of nitrogens with one attached hydrogen (secondary N) is 1. The quantitative estimate of drug-likeness (QED) is 0.572. The molecule has 0 fully saturated rings. The highest BCUT2D eigenvalue weighted by Gasteiger charge is 2.23. The van der Waals surface area contributed by atoms with Crippen molar-refractivity contribution in [1.29, 1.82) is 0 Å². The zero-order valence-electron chi connectivity index (χ0n) is 17.0. The van der Waals surface area contributed by atoms with Crippen molar-refractivity contribution in [1.82, 2.24) is 19.7 Å². The lowest BCUT2D eigenvalue weighted by Gasteiger charge is -2.16. The van der Waals surface area contributed by atoms with Gasteiger partial charge in [0.15, 0.2) is 16.1 Å². The summed E-state index contributed by atoms with van der Waals surface area (Å²) < 4.78 is 2.08. The molecule has 3 aromatic rings. The normalized spacial score (nSPS) is 12.4. The number of hydrogen-bond acceptors (Lipinski definition) is 6. The molecule has 2 aromatic heterocycles. The first-order valence-electron chi connectivity index (χ1n) is 9.19. The van der Waals surface area contributed by atoms with Crippen molar-refractivity contribution >= 4 is 34.1 Å². The lowest BCUT2D eigenvalue weighted by atomic mass is 10.1. The predicted molar refractivity (Wildman–Crippen MR) is 116 cm³/mol. The van der Waals surface area contributed by atoms with Gasteiger partial charge in [0.1, 0.15) is 0 Å². The number of amides is 1. The fraction of sp³-hybridized carbons (Fsp3) is 0.400. The monoisotopic (exact) mass is 415 g/mol. The first-order chi connectivity index (χ1) is 13.3. The second kappa shape index (κ2) is 8.45. The van der Waals surface area contributed by atoms with Crippen molar-refractivity contribution in [3.8, 4) is 11.4 Å². The molecule has 0 spiro atoms. The van der Waals surface area contributed by atoms with Gasteiger partial charge in [-0.1, -0.05) is 35.5 Å². The van der Waals surface area contributed by atoms with E-state index >= 15 is 0 Å². The number of carbonyl (C=O) groups is 1. The van der Waals surface area contributed by atoms with Crippen LogP contribution in [-0.2, 0) is 4.79 Å². The van der Waals surface area contributed by atoms with Crippen LogP contribution in [0.15, 0.2) is 29.4 Å². The number of aromatic nitrogens is 4.